The molecule has 0 radical (unpaired) electrons. The Morgan fingerprint density at radius 2 is 2.16 bits per heavy atom. The zero-order valence-electron chi connectivity index (χ0n) is 11.2. The van der Waals surface area contributed by atoms with Crippen LogP contribution in [0.15, 0.2) is 12.1 Å². The zero-order chi connectivity index (χ0) is 14.2. The highest BCUT2D eigenvalue weighted by Crippen LogP contribution is 2.35. The minimum atomic E-state index is -1.13. The first-order valence-corrected chi connectivity index (χ1v) is 6.49. The van der Waals surface area contributed by atoms with Gasteiger partial charge in [0.1, 0.15) is 5.82 Å². The minimum Gasteiger partial charge on any atom is -0.478 e. The number of hydrogen-bond acceptors (Lipinski definition) is 3. The van der Waals surface area contributed by atoms with Crippen LogP contribution in [0.1, 0.15) is 37.0 Å². The summed E-state index contributed by atoms with van der Waals surface area (Å²) in [5.41, 5.74) is 5.83. The van der Waals surface area contributed by atoms with Gasteiger partial charge in [-0.15, -0.1) is 0 Å². The summed E-state index contributed by atoms with van der Waals surface area (Å²) in [4.78, 5) is 13.1. The fourth-order valence-electron chi connectivity index (χ4n) is 2.21. The Kier molecular flexibility index (Phi) is 3.64. The largest absolute Gasteiger partial charge is 0.478 e. The number of hydrogen-bond donors (Lipinski definition) is 2. The molecule has 1 fully saturated rings. The first-order valence-electron chi connectivity index (χ1n) is 6.49. The second-order valence-electron chi connectivity index (χ2n) is 5.47. The van der Waals surface area contributed by atoms with Crippen molar-refractivity contribution in [3.63, 3.8) is 0 Å². The molecule has 1 aromatic rings. The predicted molar refractivity (Wildman–Crippen MR) is 73.0 cm³/mol. The fourth-order valence-corrected chi connectivity index (χ4v) is 2.21. The molecule has 0 amide bonds. The van der Waals surface area contributed by atoms with Gasteiger partial charge in [0, 0.05) is 18.3 Å². The number of nitrogen functional groups attached to an aromatic ring is 1. The lowest BCUT2D eigenvalue weighted by atomic mass is 10.1. The second-order valence-corrected chi connectivity index (χ2v) is 5.47. The van der Waals surface area contributed by atoms with Crippen molar-refractivity contribution in [2.45, 2.75) is 32.7 Å². The van der Waals surface area contributed by atoms with Crippen LogP contribution in [0.2, 0.25) is 0 Å². The molecule has 5 heteroatoms. The summed E-state index contributed by atoms with van der Waals surface area (Å²) in [5, 5.41) is 9.08. The monoisotopic (exact) mass is 266 g/mol. The Balaban J connectivity index is 2.40. The average Bonchev–Trinajstić information content (AvgIpc) is 3.09. The van der Waals surface area contributed by atoms with Crippen molar-refractivity contribution in [3.05, 3.63) is 23.5 Å². The van der Waals surface area contributed by atoms with Crippen molar-refractivity contribution in [2.24, 2.45) is 5.92 Å². The van der Waals surface area contributed by atoms with Gasteiger partial charge >= 0.3 is 5.97 Å². The molecule has 4 nitrogen and oxygen atoms in total. The molecule has 3 N–H and O–H groups in total. The van der Waals surface area contributed by atoms with E-state index < -0.39 is 11.8 Å². The van der Waals surface area contributed by atoms with Crippen LogP contribution in [-0.4, -0.2) is 23.7 Å². The number of halogens is 1. The highest BCUT2D eigenvalue weighted by Gasteiger charge is 2.31. The first kappa shape index (κ1) is 13.6. The predicted octanol–water partition coefficient (Wildman–Crippen LogP) is 2.73. The summed E-state index contributed by atoms with van der Waals surface area (Å²) < 4.78 is 14.1. The van der Waals surface area contributed by atoms with Gasteiger partial charge in [0.2, 0.25) is 0 Å². The molecule has 19 heavy (non-hydrogen) atoms. The molecule has 1 aromatic carbocycles. The topological polar surface area (TPSA) is 66.6 Å². The van der Waals surface area contributed by atoms with E-state index in [4.69, 9.17) is 10.8 Å². The minimum absolute atomic E-state index is 0.0333. The molecule has 0 heterocycles. The number of nitrogens with two attached hydrogens (primary N) is 1. The van der Waals surface area contributed by atoms with Crippen LogP contribution in [0.4, 0.5) is 15.8 Å². The lowest BCUT2D eigenvalue weighted by Gasteiger charge is -2.27. The second kappa shape index (κ2) is 5.07. The number of carboxylic acid groups (broad SMARTS) is 1. The summed E-state index contributed by atoms with van der Waals surface area (Å²) >= 11 is 0. The molecule has 0 aromatic heterocycles. The van der Waals surface area contributed by atoms with Crippen molar-refractivity contribution < 1.29 is 14.3 Å². The van der Waals surface area contributed by atoms with E-state index in [-0.39, 0.29) is 11.3 Å². The maximum Gasteiger partial charge on any atom is 0.337 e. The van der Waals surface area contributed by atoms with Crippen LogP contribution >= 0.6 is 0 Å². The summed E-state index contributed by atoms with van der Waals surface area (Å²) in [7, 11) is 0. The molecule has 1 saturated carbocycles. The van der Waals surface area contributed by atoms with E-state index in [1.54, 1.807) is 0 Å². The molecule has 0 atom stereocenters. The lowest BCUT2D eigenvalue weighted by molar-refractivity contribution is 0.0698. The first-order chi connectivity index (χ1) is 8.90. The Labute approximate surface area is 112 Å². The zero-order valence-corrected chi connectivity index (χ0v) is 11.2. The van der Waals surface area contributed by atoms with Gasteiger partial charge in [0.25, 0.3) is 0 Å². The molecule has 1 aliphatic carbocycles. The van der Waals surface area contributed by atoms with Crippen LogP contribution in [0.5, 0.6) is 0 Å². The van der Waals surface area contributed by atoms with Gasteiger partial charge in [-0.3, -0.25) is 0 Å². The molecule has 1 aliphatic rings. The Morgan fingerprint density at radius 3 is 2.63 bits per heavy atom. The SMILES string of the molecule is CC(C)CN(c1cc(C(=O)O)c(N)cc1F)C1CC1. The number of rotatable bonds is 5. The number of anilines is 2. The van der Waals surface area contributed by atoms with Gasteiger partial charge in [-0.2, -0.15) is 0 Å². The summed E-state index contributed by atoms with van der Waals surface area (Å²) in [6.45, 7) is 4.83. The number of carboxylic acids is 1. The maximum absolute atomic E-state index is 14.1. The highest BCUT2D eigenvalue weighted by molar-refractivity contribution is 5.95. The third-order valence-corrected chi connectivity index (χ3v) is 3.21. The van der Waals surface area contributed by atoms with E-state index in [1.807, 2.05) is 4.90 Å². The summed E-state index contributed by atoms with van der Waals surface area (Å²) in [6, 6.07) is 2.78. The van der Waals surface area contributed by atoms with Crippen LogP contribution < -0.4 is 10.6 Å². The molecule has 2 rings (SSSR count). The van der Waals surface area contributed by atoms with Crippen molar-refractivity contribution in [1.29, 1.82) is 0 Å². The molecule has 0 aliphatic heterocycles. The molecule has 0 saturated heterocycles. The summed E-state index contributed by atoms with van der Waals surface area (Å²) in [5.74, 6) is -1.19. The van der Waals surface area contributed by atoms with E-state index >= 15 is 0 Å². The van der Waals surface area contributed by atoms with Crippen molar-refractivity contribution in [3.8, 4) is 0 Å². The average molecular weight is 266 g/mol. The molecular formula is C14H19FN2O2. The highest BCUT2D eigenvalue weighted by atomic mass is 19.1. The lowest BCUT2D eigenvalue weighted by Crippen LogP contribution is -2.31. The van der Waals surface area contributed by atoms with Gasteiger partial charge < -0.3 is 15.7 Å². The van der Waals surface area contributed by atoms with Crippen LogP contribution in [-0.2, 0) is 0 Å². The van der Waals surface area contributed by atoms with E-state index in [0.29, 0.717) is 24.2 Å². The Hall–Kier alpha value is -1.78. The molecule has 0 unspecified atom stereocenters. The van der Waals surface area contributed by atoms with Gasteiger partial charge in [0.05, 0.1) is 11.3 Å². The number of benzene rings is 1. The van der Waals surface area contributed by atoms with Crippen molar-refractivity contribution in [2.75, 3.05) is 17.2 Å². The number of aromatic carboxylic acids is 1. The summed E-state index contributed by atoms with van der Waals surface area (Å²) in [6.07, 6.45) is 2.05. The van der Waals surface area contributed by atoms with Crippen LogP contribution in [0.3, 0.4) is 0 Å². The molecule has 0 bridgehead atoms. The van der Waals surface area contributed by atoms with Crippen LogP contribution in [0.25, 0.3) is 0 Å². The maximum atomic E-state index is 14.1. The Bertz CT molecular complexity index is 498. The van der Waals surface area contributed by atoms with Crippen LogP contribution in [0, 0.1) is 11.7 Å². The molecule has 104 valence electrons. The number of nitrogens with zero attached hydrogens (tertiary/aromatic N) is 1. The van der Waals surface area contributed by atoms with Crippen molar-refractivity contribution in [1.82, 2.24) is 0 Å². The van der Waals surface area contributed by atoms with E-state index in [9.17, 15) is 9.18 Å². The smallest absolute Gasteiger partial charge is 0.337 e. The van der Waals surface area contributed by atoms with E-state index in [0.717, 1.165) is 18.9 Å². The molecule has 0 spiro atoms. The van der Waals surface area contributed by atoms with Crippen molar-refractivity contribution >= 4 is 17.3 Å². The third-order valence-electron chi connectivity index (χ3n) is 3.21. The van der Waals surface area contributed by atoms with Gasteiger partial charge in [-0.1, -0.05) is 13.8 Å². The number of carbonyl (C=O) groups is 1. The fraction of sp³-hybridized carbons (Fsp3) is 0.500. The van der Waals surface area contributed by atoms with Gasteiger partial charge in [-0.25, -0.2) is 9.18 Å². The third kappa shape index (κ3) is 2.97. The van der Waals surface area contributed by atoms with E-state index in [2.05, 4.69) is 13.8 Å². The molecular weight excluding hydrogens is 247 g/mol. The standard InChI is InChI=1S/C14H19FN2O2/c1-8(2)7-17(9-3-4-9)13-5-10(14(18)19)12(16)6-11(13)15/h5-6,8-9H,3-4,7,16H2,1-2H3,(H,18,19). The Morgan fingerprint density at radius 1 is 1.53 bits per heavy atom. The van der Waals surface area contributed by atoms with Gasteiger partial charge in [0.15, 0.2) is 0 Å². The quantitative estimate of drug-likeness (QED) is 0.804. The van der Waals surface area contributed by atoms with E-state index in [1.165, 1.54) is 6.07 Å². The van der Waals surface area contributed by atoms with Gasteiger partial charge in [-0.05, 0) is 30.9 Å². The normalized spacial score (nSPS) is 14.7.